The highest BCUT2D eigenvalue weighted by Crippen LogP contribution is 2.24. The van der Waals surface area contributed by atoms with Gasteiger partial charge in [-0.1, -0.05) is 0 Å². The zero-order chi connectivity index (χ0) is 9.97. The van der Waals surface area contributed by atoms with Crippen LogP contribution >= 0.6 is 11.3 Å². The number of ether oxygens (including phenoxy) is 2. The minimum atomic E-state index is -0.234. The van der Waals surface area contributed by atoms with E-state index in [1.807, 2.05) is 19.5 Å². The van der Waals surface area contributed by atoms with Crippen LogP contribution in [-0.2, 0) is 16.0 Å². The zero-order valence-corrected chi connectivity index (χ0v) is 9.21. The predicted molar refractivity (Wildman–Crippen MR) is 54.2 cm³/mol. The number of aromatic nitrogens is 1. The largest absolute Gasteiger partial charge is 0.345 e. The van der Waals surface area contributed by atoms with E-state index in [-0.39, 0.29) is 6.29 Å². The molecule has 0 amide bonds. The van der Waals surface area contributed by atoms with Crippen LogP contribution in [0.25, 0.3) is 0 Å². The second-order valence-corrected chi connectivity index (χ2v) is 4.42. The molecule has 2 heterocycles. The third-order valence-corrected chi connectivity index (χ3v) is 2.74. The number of hydrogen-bond donors (Lipinski definition) is 0. The summed E-state index contributed by atoms with van der Waals surface area (Å²) in [6.45, 7) is 2.22. The van der Waals surface area contributed by atoms with Crippen LogP contribution in [0.4, 0.5) is 0 Å². The SMILES string of the molecule is CN(C)Cc1nc(C2OCCO2)cs1. The van der Waals surface area contributed by atoms with Gasteiger partial charge in [-0.2, -0.15) is 0 Å². The van der Waals surface area contributed by atoms with E-state index in [9.17, 15) is 0 Å². The van der Waals surface area contributed by atoms with Crippen molar-refractivity contribution in [2.24, 2.45) is 0 Å². The lowest BCUT2D eigenvalue weighted by molar-refractivity contribution is -0.0469. The summed E-state index contributed by atoms with van der Waals surface area (Å²) in [4.78, 5) is 6.56. The summed E-state index contributed by atoms with van der Waals surface area (Å²) >= 11 is 1.65. The van der Waals surface area contributed by atoms with Crippen molar-refractivity contribution in [1.29, 1.82) is 0 Å². The highest BCUT2D eigenvalue weighted by Gasteiger charge is 2.20. The molecule has 0 spiro atoms. The second-order valence-electron chi connectivity index (χ2n) is 3.48. The van der Waals surface area contributed by atoms with Crippen molar-refractivity contribution in [2.45, 2.75) is 12.8 Å². The molecular formula is C9H14N2O2S. The van der Waals surface area contributed by atoms with Crippen molar-refractivity contribution in [2.75, 3.05) is 27.3 Å². The fourth-order valence-electron chi connectivity index (χ4n) is 1.31. The maximum Gasteiger partial charge on any atom is 0.202 e. The third kappa shape index (κ3) is 2.30. The van der Waals surface area contributed by atoms with Crippen molar-refractivity contribution in [1.82, 2.24) is 9.88 Å². The van der Waals surface area contributed by atoms with Gasteiger partial charge in [-0.25, -0.2) is 4.98 Å². The Balaban J connectivity index is 2.01. The van der Waals surface area contributed by atoms with Gasteiger partial charge in [0, 0.05) is 11.9 Å². The Bertz CT molecular complexity index is 295. The standard InChI is InChI=1S/C9H14N2O2S/c1-11(2)5-8-10-7(6-14-8)9-12-3-4-13-9/h6,9H,3-5H2,1-2H3. The smallest absolute Gasteiger partial charge is 0.202 e. The molecule has 78 valence electrons. The molecule has 1 aliphatic rings. The fourth-order valence-corrected chi connectivity index (χ4v) is 2.22. The normalized spacial score (nSPS) is 18.2. The van der Waals surface area contributed by atoms with Gasteiger partial charge in [-0.3, -0.25) is 0 Å². The van der Waals surface area contributed by atoms with E-state index in [1.165, 1.54) is 0 Å². The molecule has 14 heavy (non-hydrogen) atoms. The number of hydrogen-bond acceptors (Lipinski definition) is 5. The molecule has 1 saturated heterocycles. The fraction of sp³-hybridized carbons (Fsp3) is 0.667. The van der Waals surface area contributed by atoms with Gasteiger partial charge in [0.05, 0.1) is 13.2 Å². The van der Waals surface area contributed by atoms with Crippen LogP contribution < -0.4 is 0 Å². The Hall–Kier alpha value is -0.490. The molecule has 0 aliphatic carbocycles. The summed E-state index contributed by atoms with van der Waals surface area (Å²) < 4.78 is 10.7. The van der Waals surface area contributed by atoms with E-state index in [0.29, 0.717) is 13.2 Å². The van der Waals surface area contributed by atoms with Gasteiger partial charge in [0.15, 0.2) is 0 Å². The molecule has 0 radical (unpaired) electrons. The van der Waals surface area contributed by atoms with Gasteiger partial charge in [-0.05, 0) is 14.1 Å². The van der Waals surface area contributed by atoms with Crippen LogP contribution in [0.15, 0.2) is 5.38 Å². The first-order valence-electron chi connectivity index (χ1n) is 4.58. The van der Waals surface area contributed by atoms with E-state index < -0.39 is 0 Å². The first-order valence-corrected chi connectivity index (χ1v) is 5.46. The molecule has 2 rings (SSSR count). The average Bonchev–Trinajstić information content (AvgIpc) is 2.69. The molecule has 0 bridgehead atoms. The number of nitrogens with zero attached hydrogens (tertiary/aromatic N) is 2. The first kappa shape index (κ1) is 10.0. The molecule has 5 heteroatoms. The topological polar surface area (TPSA) is 34.6 Å². The zero-order valence-electron chi connectivity index (χ0n) is 8.40. The predicted octanol–water partition coefficient (Wildman–Crippen LogP) is 1.25. The van der Waals surface area contributed by atoms with Gasteiger partial charge >= 0.3 is 0 Å². The Kier molecular flexibility index (Phi) is 3.12. The van der Waals surface area contributed by atoms with Gasteiger partial charge in [0.25, 0.3) is 0 Å². The van der Waals surface area contributed by atoms with Crippen LogP contribution in [0.5, 0.6) is 0 Å². The third-order valence-electron chi connectivity index (χ3n) is 1.88. The van der Waals surface area contributed by atoms with Gasteiger partial charge in [0.1, 0.15) is 10.7 Å². The van der Waals surface area contributed by atoms with Gasteiger partial charge in [0.2, 0.25) is 6.29 Å². The van der Waals surface area contributed by atoms with E-state index >= 15 is 0 Å². The minimum absolute atomic E-state index is 0.234. The number of rotatable bonds is 3. The summed E-state index contributed by atoms with van der Waals surface area (Å²) in [5.74, 6) is 0. The van der Waals surface area contributed by atoms with E-state index in [0.717, 1.165) is 17.2 Å². The van der Waals surface area contributed by atoms with Crippen molar-refractivity contribution >= 4 is 11.3 Å². The van der Waals surface area contributed by atoms with Crippen LogP contribution in [0.2, 0.25) is 0 Å². The maximum absolute atomic E-state index is 5.37. The molecule has 0 aromatic carbocycles. The molecule has 0 N–H and O–H groups in total. The quantitative estimate of drug-likeness (QED) is 0.758. The van der Waals surface area contributed by atoms with E-state index in [2.05, 4.69) is 9.88 Å². The molecule has 1 aromatic heterocycles. The monoisotopic (exact) mass is 214 g/mol. The highest BCUT2D eigenvalue weighted by molar-refractivity contribution is 7.09. The molecule has 1 aliphatic heterocycles. The van der Waals surface area contributed by atoms with Crippen molar-refractivity contribution in [3.63, 3.8) is 0 Å². The van der Waals surface area contributed by atoms with E-state index in [1.54, 1.807) is 11.3 Å². The van der Waals surface area contributed by atoms with Crippen LogP contribution in [0.1, 0.15) is 17.0 Å². The van der Waals surface area contributed by atoms with Gasteiger partial charge < -0.3 is 14.4 Å². The lowest BCUT2D eigenvalue weighted by Gasteiger charge is -2.06. The Morgan fingerprint density at radius 1 is 1.50 bits per heavy atom. The Morgan fingerprint density at radius 3 is 2.86 bits per heavy atom. The lowest BCUT2D eigenvalue weighted by Crippen LogP contribution is -2.10. The summed E-state index contributed by atoms with van der Waals surface area (Å²) in [6, 6.07) is 0. The van der Waals surface area contributed by atoms with Crippen molar-refractivity contribution < 1.29 is 9.47 Å². The molecule has 4 nitrogen and oxygen atoms in total. The molecule has 1 fully saturated rings. The molecular weight excluding hydrogens is 200 g/mol. The van der Waals surface area contributed by atoms with Crippen molar-refractivity contribution in [3.05, 3.63) is 16.1 Å². The van der Waals surface area contributed by atoms with E-state index in [4.69, 9.17) is 9.47 Å². The van der Waals surface area contributed by atoms with Crippen LogP contribution in [-0.4, -0.2) is 37.2 Å². The highest BCUT2D eigenvalue weighted by atomic mass is 32.1. The molecule has 0 atom stereocenters. The summed E-state index contributed by atoms with van der Waals surface area (Å²) in [7, 11) is 4.06. The lowest BCUT2D eigenvalue weighted by atomic mass is 10.5. The molecule has 0 unspecified atom stereocenters. The number of thiazole rings is 1. The van der Waals surface area contributed by atoms with Crippen LogP contribution in [0.3, 0.4) is 0 Å². The summed E-state index contributed by atoms with van der Waals surface area (Å²) in [5, 5.41) is 3.11. The van der Waals surface area contributed by atoms with Gasteiger partial charge in [-0.15, -0.1) is 11.3 Å². The Labute approximate surface area is 87.5 Å². The Morgan fingerprint density at radius 2 is 2.21 bits per heavy atom. The molecule has 0 saturated carbocycles. The average molecular weight is 214 g/mol. The minimum Gasteiger partial charge on any atom is -0.345 e. The molecule has 1 aromatic rings. The first-order chi connectivity index (χ1) is 6.75. The maximum atomic E-state index is 5.37. The second kappa shape index (κ2) is 4.35. The summed E-state index contributed by atoms with van der Waals surface area (Å²) in [5.41, 5.74) is 0.907. The summed E-state index contributed by atoms with van der Waals surface area (Å²) in [6.07, 6.45) is -0.234. The van der Waals surface area contributed by atoms with Crippen molar-refractivity contribution in [3.8, 4) is 0 Å². The van der Waals surface area contributed by atoms with Crippen LogP contribution in [0, 0.1) is 0 Å².